The minimum Gasteiger partial charge on any atom is -0.462 e. The fourth-order valence-corrected chi connectivity index (χ4v) is 3.01. The molecule has 5 nitrogen and oxygen atoms in total. The molecule has 24 heavy (non-hydrogen) atoms. The van der Waals surface area contributed by atoms with Gasteiger partial charge in [0, 0.05) is 18.4 Å². The summed E-state index contributed by atoms with van der Waals surface area (Å²) < 4.78 is 5.04. The van der Waals surface area contributed by atoms with Gasteiger partial charge in [-0.1, -0.05) is 6.07 Å². The highest BCUT2D eigenvalue weighted by Crippen LogP contribution is 2.26. The number of pyridine rings is 1. The Morgan fingerprint density at radius 3 is 2.79 bits per heavy atom. The molecule has 1 saturated heterocycles. The number of nitrogens with zero attached hydrogens (tertiary/aromatic N) is 2. The van der Waals surface area contributed by atoms with Crippen LogP contribution in [0.4, 0.5) is 11.5 Å². The molecule has 1 aromatic heterocycles. The summed E-state index contributed by atoms with van der Waals surface area (Å²) in [6.45, 7) is 3.19. The van der Waals surface area contributed by atoms with Crippen molar-refractivity contribution in [3.8, 4) is 0 Å². The fourth-order valence-electron chi connectivity index (χ4n) is 3.01. The number of ether oxygens (including phenoxy) is 1. The predicted octanol–water partition coefficient (Wildman–Crippen LogP) is 3.69. The van der Waals surface area contributed by atoms with Crippen LogP contribution in [0.15, 0.2) is 48.7 Å². The molecule has 2 aromatic rings. The lowest BCUT2D eigenvalue weighted by Gasteiger charge is -2.38. The molecule has 0 bridgehead atoms. The molecule has 3 rings (SSSR count). The Morgan fingerprint density at radius 1 is 1.25 bits per heavy atom. The van der Waals surface area contributed by atoms with Gasteiger partial charge < -0.3 is 15.0 Å². The van der Waals surface area contributed by atoms with Crippen LogP contribution in [0.5, 0.6) is 0 Å². The van der Waals surface area contributed by atoms with Crippen LogP contribution in [-0.2, 0) is 4.74 Å². The summed E-state index contributed by atoms with van der Waals surface area (Å²) in [5, 5.41) is 3.51. The normalized spacial score (nSPS) is 17.4. The van der Waals surface area contributed by atoms with E-state index in [0.29, 0.717) is 12.2 Å². The zero-order valence-corrected chi connectivity index (χ0v) is 13.9. The Kier molecular flexibility index (Phi) is 5.31. The Morgan fingerprint density at radius 2 is 2.08 bits per heavy atom. The number of anilines is 2. The second-order valence-electron chi connectivity index (χ2n) is 5.83. The fraction of sp³-hybridized carbons (Fsp3) is 0.368. The number of esters is 1. The van der Waals surface area contributed by atoms with Gasteiger partial charge >= 0.3 is 5.97 Å². The molecule has 0 radical (unpaired) electrons. The summed E-state index contributed by atoms with van der Waals surface area (Å²) >= 11 is 0. The van der Waals surface area contributed by atoms with Gasteiger partial charge in [-0.05, 0) is 62.6 Å². The first-order valence-electron chi connectivity index (χ1n) is 8.49. The van der Waals surface area contributed by atoms with Crippen LogP contribution in [0, 0.1) is 0 Å². The average Bonchev–Trinajstić information content (AvgIpc) is 2.63. The first kappa shape index (κ1) is 16.3. The van der Waals surface area contributed by atoms with Gasteiger partial charge in [-0.25, -0.2) is 9.78 Å². The summed E-state index contributed by atoms with van der Waals surface area (Å²) in [6.07, 6.45) is 5.43. The number of carbonyl (C=O) groups excluding carboxylic acids is 1. The van der Waals surface area contributed by atoms with E-state index in [2.05, 4.69) is 15.2 Å². The molecule has 0 aliphatic carbocycles. The van der Waals surface area contributed by atoms with E-state index in [9.17, 15) is 4.79 Å². The van der Waals surface area contributed by atoms with Gasteiger partial charge in [0.05, 0.1) is 12.2 Å². The molecule has 1 fully saturated rings. The molecule has 0 amide bonds. The molecular formula is C19H23N3O2. The van der Waals surface area contributed by atoms with Crippen molar-refractivity contribution in [1.29, 1.82) is 0 Å². The van der Waals surface area contributed by atoms with Gasteiger partial charge in [0.1, 0.15) is 12.0 Å². The Hall–Kier alpha value is -2.56. The highest BCUT2D eigenvalue weighted by Gasteiger charge is 2.23. The van der Waals surface area contributed by atoms with E-state index in [4.69, 9.17) is 4.74 Å². The third-order valence-electron chi connectivity index (χ3n) is 4.19. The Labute approximate surface area is 142 Å². The molecular weight excluding hydrogens is 302 g/mol. The number of nitrogens with one attached hydrogen (secondary N) is 1. The second kappa shape index (κ2) is 7.81. The van der Waals surface area contributed by atoms with Crippen molar-refractivity contribution in [2.45, 2.75) is 32.4 Å². The molecule has 1 N–H and O–H groups in total. The van der Waals surface area contributed by atoms with Gasteiger partial charge in [-0.2, -0.15) is 0 Å². The first-order chi connectivity index (χ1) is 11.8. The van der Waals surface area contributed by atoms with Crippen LogP contribution < -0.4 is 10.2 Å². The Bertz CT molecular complexity index is 658. The van der Waals surface area contributed by atoms with Gasteiger partial charge in [-0.3, -0.25) is 0 Å². The molecule has 0 saturated carbocycles. The van der Waals surface area contributed by atoms with E-state index < -0.39 is 0 Å². The largest absolute Gasteiger partial charge is 0.462 e. The maximum absolute atomic E-state index is 11.8. The zero-order chi connectivity index (χ0) is 16.8. The van der Waals surface area contributed by atoms with Crippen LogP contribution in [0.25, 0.3) is 0 Å². The maximum Gasteiger partial charge on any atom is 0.338 e. The van der Waals surface area contributed by atoms with Crippen molar-refractivity contribution >= 4 is 17.5 Å². The van der Waals surface area contributed by atoms with Crippen molar-refractivity contribution in [2.75, 3.05) is 23.4 Å². The molecule has 0 unspecified atom stereocenters. The average molecular weight is 325 g/mol. The first-order valence-corrected chi connectivity index (χ1v) is 8.49. The van der Waals surface area contributed by atoms with Gasteiger partial charge in [0.25, 0.3) is 0 Å². The highest BCUT2D eigenvalue weighted by atomic mass is 16.5. The van der Waals surface area contributed by atoms with Crippen molar-refractivity contribution in [3.05, 3.63) is 54.2 Å². The number of hydrogen-bond donors (Lipinski definition) is 1. The van der Waals surface area contributed by atoms with E-state index >= 15 is 0 Å². The quantitative estimate of drug-likeness (QED) is 0.850. The lowest BCUT2D eigenvalue weighted by atomic mass is 10.1. The van der Waals surface area contributed by atoms with E-state index in [1.165, 1.54) is 12.8 Å². The minimum atomic E-state index is -0.272. The molecule has 126 valence electrons. The highest BCUT2D eigenvalue weighted by molar-refractivity contribution is 5.89. The third kappa shape index (κ3) is 3.85. The molecule has 5 heteroatoms. The number of hydrogen-bond acceptors (Lipinski definition) is 5. The van der Waals surface area contributed by atoms with Crippen molar-refractivity contribution in [2.24, 2.45) is 0 Å². The van der Waals surface area contributed by atoms with E-state index in [-0.39, 0.29) is 12.1 Å². The van der Waals surface area contributed by atoms with Gasteiger partial charge in [-0.15, -0.1) is 0 Å². The molecule has 2 heterocycles. The van der Waals surface area contributed by atoms with Crippen molar-refractivity contribution in [1.82, 2.24) is 4.98 Å². The molecule has 1 aliphatic rings. The summed E-state index contributed by atoms with van der Waals surface area (Å²) in [5.41, 5.74) is 1.70. The Balaban J connectivity index is 1.74. The van der Waals surface area contributed by atoms with Crippen molar-refractivity contribution < 1.29 is 9.53 Å². The smallest absolute Gasteiger partial charge is 0.338 e. The van der Waals surface area contributed by atoms with Crippen LogP contribution in [-0.4, -0.2) is 30.3 Å². The lowest BCUT2D eigenvalue weighted by molar-refractivity contribution is 0.0526. The van der Waals surface area contributed by atoms with Crippen molar-refractivity contribution in [3.63, 3.8) is 0 Å². The summed E-state index contributed by atoms with van der Waals surface area (Å²) in [6, 6.07) is 13.5. The SMILES string of the molecule is CCOC(=O)c1ccc(N2CCCC[C@H]2Nc2ccccn2)cc1. The van der Waals surface area contributed by atoms with Crippen LogP contribution in [0.2, 0.25) is 0 Å². The number of aromatic nitrogens is 1. The number of carbonyl (C=O) groups is 1. The maximum atomic E-state index is 11.8. The van der Waals surface area contributed by atoms with Crippen LogP contribution >= 0.6 is 0 Å². The van der Waals surface area contributed by atoms with Crippen LogP contribution in [0.1, 0.15) is 36.5 Å². The zero-order valence-electron chi connectivity index (χ0n) is 13.9. The van der Waals surface area contributed by atoms with E-state index in [1.807, 2.05) is 49.4 Å². The minimum absolute atomic E-state index is 0.210. The van der Waals surface area contributed by atoms with Gasteiger partial charge in [0.15, 0.2) is 0 Å². The summed E-state index contributed by atoms with van der Waals surface area (Å²) in [5.74, 6) is 0.614. The molecule has 0 spiro atoms. The van der Waals surface area contributed by atoms with E-state index in [0.717, 1.165) is 24.5 Å². The molecule has 1 aromatic carbocycles. The lowest BCUT2D eigenvalue weighted by Crippen LogP contribution is -2.44. The monoisotopic (exact) mass is 325 g/mol. The summed E-state index contributed by atoms with van der Waals surface area (Å²) in [4.78, 5) is 18.5. The number of piperidine rings is 1. The second-order valence-corrected chi connectivity index (χ2v) is 5.83. The molecule has 1 atom stereocenters. The predicted molar refractivity (Wildman–Crippen MR) is 95.2 cm³/mol. The van der Waals surface area contributed by atoms with Crippen LogP contribution in [0.3, 0.4) is 0 Å². The standard InChI is InChI=1S/C19H23N3O2/c1-2-24-19(23)15-9-11-16(12-10-15)22-14-6-4-8-18(22)21-17-7-3-5-13-20-17/h3,5,7,9-13,18H,2,4,6,8,14H2,1H3,(H,20,21)/t18-/m0/s1. The van der Waals surface area contributed by atoms with Gasteiger partial charge in [0.2, 0.25) is 0 Å². The summed E-state index contributed by atoms with van der Waals surface area (Å²) in [7, 11) is 0. The third-order valence-corrected chi connectivity index (χ3v) is 4.19. The van der Waals surface area contributed by atoms with E-state index in [1.54, 1.807) is 6.20 Å². The molecule has 1 aliphatic heterocycles. The topological polar surface area (TPSA) is 54.5 Å². The number of rotatable bonds is 5. The number of benzene rings is 1.